The van der Waals surface area contributed by atoms with Crippen molar-refractivity contribution in [2.75, 3.05) is 39.5 Å². The van der Waals surface area contributed by atoms with Gasteiger partial charge in [0.1, 0.15) is 6.10 Å². The van der Waals surface area contributed by atoms with Gasteiger partial charge in [-0.3, -0.25) is 0 Å². The van der Waals surface area contributed by atoms with Crippen LogP contribution in [0.1, 0.15) is 38.7 Å². The van der Waals surface area contributed by atoms with Crippen LogP contribution in [0.4, 0.5) is 0 Å². The number of hydrogen-bond donors (Lipinski definition) is 1. The molecule has 2 atom stereocenters. The first-order chi connectivity index (χ1) is 13.3. The molecule has 0 bridgehead atoms. The first-order valence-electron chi connectivity index (χ1n) is 10.1. The maximum absolute atomic E-state index is 5.97. The summed E-state index contributed by atoms with van der Waals surface area (Å²) in [4.78, 5) is 11.5. The third-order valence-electron chi connectivity index (χ3n) is 4.80. The van der Waals surface area contributed by atoms with Crippen LogP contribution in [0, 0.1) is 0 Å². The molecule has 2 aliphatic rings. The van der Waals surface area contributed by atoms with Gasteiger partial charge < -0.3 is 24.4 Å². The normalized spacial score (nSPS) is 22.6. The van der Waals surface area contributed by atoms with Gasteiger partial charge in [-0.2, -0.15) is 0 Å². The minimum absolute atomic E-state index is 0. The maximum Gasteiger partial charge on any atom is 0.218 e. The highest BCUT2D eigenvalue weighted by Gasteiger charge is 2.32. The van der Waals surface area contributed by atoms with Crippen LogP contribution >= 0.6 is 24.0 Å². The number of nitrogens with zero attached hydrogens (tertiary/aromatic N) is 3. The summed E-state index contributed by atoms with van der Waals surface area (Å²) in [5.41, 5.74) is 1.00. The van der Waals surface area contributed by atoms with Crippen LogP contribution in [0.2, 0.25) is 0 Å². The Morgan fingerprint density at radius 1 is 1.32 bits per heavy atom. The molecule has 28 heavy (non-hydrogen) atoms. The number of aromatic nitrogens is 1. The van der Waals surface area contributed by atoms with Crippen molar-refractivity contribution in [1.82, 2.24) is 15.2 Å². The van der Waals surface area contributed by atoms with Crippen LogP contribution in [-0.4, -0.2) is 67.5 Å². The molecule has 3 heterocycles. The molecule has 158 valence electrons. The molecule has 7 nitrogen and oxygen atoms in total. The van der Waals surface area contributed by atoms with E-state index in [9.17, 15) is 0 Å². The SMILES string of the molecule is CCCOc1ncccc1CN=C(NCC)N1CCOC(C2CCCO2)C1.I. The van der Waals surface area contributed by atoms with Gasteiger partial charge in [0.15, 0.2) is 5.96 Å². The molecule has 0 radical (unpaired) electrons. The minimum Gasteiger partial charge on any atom is -0.477 e. The summed E-state index contributed by atoms with van der Waals surface area (Å²) in [5, 5.41) is 3.41. The van der Waals surface area contributed by atoms with E-state index in [1.165, 1.54) is 0 Å². The number of guanidine groups is 1. The highest BCUT2D eigenvalue weighted by atomic mass is 127. The van der Waals surface area contributed by atoms with Crippen molar-refractivity contribution in [2.45, 2.75) is 51.9 Å². The van der Waals surface area contributed by atoms with Crippen LogP contribution in [0.5, 0.6) is 5.88 Å². The van der Waals surface area contributed by atoms with Crippen molar-refractivity contribution in [3.8, 4) is 5.88 Å². The van der Waals surface area contributed by atoms with Gasteiger partial charge in [-0.1, -0.05) is 13.0 Å². The molecule has 2 aliphatic heterocycles. The lowest BCUT2D eigenvalue weighted by Crippen LogP contribution is -2.53. The van der Waals surface area contributed by atoms with Gasteiger partial charge >= 0.3 is 0 Å². The third kappa shape index (κ3) is 6.45. The molecule has 1 aromatic rings. The first kappa shape index (κ1) is 23.2. The highest BCUT2D eigenvalue weighted by Crippen LogP contribution is 2.21. The number of nitrogens with one attached hydrogen (secondary N) is 1. The smallest absolute Gasteiger partial charge is 0.218 e. The van der Waals surface area contributed by atoms with Gasteiger partial charge in [-0.25, -0.2) is 9.98 Å². The van der Waals surface area contributed by atoms with Gasteiger partial charge in [-0.05, 0) is 32.3 Å². The molecule has 2 unspecified atom stereocenters. The van der Waals surface area contributed by atoms with E-state index in [2.05, 4.69) is 29.0 Å². The predicted molar refractivity (Wildman–Crippen MR) is 121 cm³/mol. The number of halogens is 1. The number of ether oxygens (including phenoxy) is 3. The Morgan fingerprint density at radius 2 is 2.18 bits per heavy atom. The monoisotopic (exact) mass is 504 g/mol. The minimum atomic E-state index is 0. The molecule has 0 amide bonds. The lowest BCUT2D eigenvalue weighted by Gasteiger charge is -2.37. The van der Waals surface area contributed by atoms with Crippen LogP contribution in [-0.2, 0) is 16.0 Å². The predicted octanol–water partition coefficient (Wildman–Crippen LogP) is 2.83. The van der Waals surface area contributed by atoms with Crippen molar-refractivity contribution >= 4 is 29.9 Å². The fourth-order valence-electron chi connectivity index (χ4n) is 3.45. The molecular formula is C20H33IN4O3. The average Bonchev–Trinajstić information content (AvgIpc) is 3.25. The second kappa shape index (κ2) is 12.4. The first-order valence-corrected chi connectivity index (χ1v) is 10.1. The zero-order chi connectivity index (χ0) is 18.9. The number of hydrogen-bond acceptors (Lipinski definition) is 5. The lowest BCUT2D eigenvalue weighted by atomic mass is 10.1. The molecule has 0 aliphatic carbocycles. The molecule has 3 rings (SSSR count). The maximum atomic E-state index is 5.97. The van der Waals surface area contributed by atoms with E-state index in [0.717, 1.165) is 57.0 Å². The Balaban J connectivity index is 0.00000280. The van der Waals surface area contributed by atoms with Crippen molar-refractivity contribution in [3.63, 3.8) is 0 Å². The van der Waals surface area contributed by atoms with Crippen LogP contribution < -0.4 is 10.1 Å². The van der Waals surface area contributed by atoms with E-state index in [0.29, 0.717) is 25.6 Å². The van der Waals surface area contributed by atoms with Crippen molar-refractivity contribution < 1.29 is 14.2 Å². The van der Waals surface area contributed by atoms with E-state index < -0.39 is 0 Å². The van der Waals surface area contributed by atoms with Crippen molar-refractivity contribution in [3.05, 3.63) is 23.9 Å². The Hall–Kier alpha value is -1.13. The zero-order valence-corrected chi connectivity index (χ0v) is 19.3. The van der Waals surface area contributed by atoms with Crippen molar-refractivity contribution in [2.24, 2.45) is 4.99 Å². The molecule has 8 heteroatoms. The number of pyridine rings is 1. The standard InChI is InChI=1S/C20H32N4O3.HI/c1-3-11-27-19-16(7-5-9-22-19)14-23-20(21-4-2)24-10-13-26-18(15-24)17-8-6-12-25-17;/h5,7,9,17-18H,3-4,6,8,10-15H2,1-2H3,(H,21,23);1H. The van der Waals surface area contributed by atoms with Gasteiger partial charge in [0.25, 0.3) is 0 Å². The van der Waals surface area contributed by atoms with E-state index >= 15 is 0 Å². The molecule has 1 N–H and O–H groups in total. The molecular weight excluding hydrogens is 471 g/mol. The summed E-state index contributed by atoms with van der Waals surface area (Å²) in [6.07, 6.45) is 5.26. The van der Waals surface area contributed by atoms with Crippen LogP contribution in [0.15, 0.2) is 23.3 Å². The molecule has 1 aromatic heterocycles. The molecule has 2 fully saturated rings. The second-order valence-corrected chi connectivity index (χ2v) is 6.89. The summed E-state index contributed by atoms with van der Waals surface area (Å²) >= 11 is 0. The van der Waals surface area contributed by atoms with E-state index in [1.807, 2.05) is 12.1 Å². The van der Waals surface area contributed by atoms with E-state index in [-0.39, 0.29) is 36.2 Å². The molecule has 0 spiro atoms. The fraction of sp³-hybridized carbons (Fsp3) is 0.700. The largest absolute Gasteiger partial charge is 0.477 e. The number of rotatable bonds is 7. The summed E-state index contributed by atoms with van der Waals surface area (Å²) in [6.45, 7) is 9.40. The highest BCUT2D eigenvalue weighted by molar-refractivity contribution is 14.0. The van der Waals surface area contributed by atoms with Gasteiger partial charge in [0, 0.05) is 38.0 Å². The van der Waals surface area contributed by atoms with Crippen molar-refractivity contribution in [1.29, 1.82) is 0 Å². The zero-order valence-electron chi connectivity index (χ0n) is 16.9. The summed E-state index contributed by atoms with van der Waals surface area (Å²) < 4.78 is 17.6. The number of aliphatic imine (C=N–C) groups is 1. The Bertz CT molecular complexity index is 611. The summed E-state index contributed by atoms with van der Waals surface area (Å²) in [5.74, 6) is 1.59. The van der Waals surface area contributed by atoms with E-state index in [4.69, 9.17) is 19.2 Å². The lowest BCUT2D eigenvalue weighted by molar-refractivity contribution is -0.0817. The van der Waals surface area contributed by atoms with Crippen LogP contribution in [0.3, 0.4) is 0 Å². The van der Waals surface area contributed by atoms with E-state index in [1.54, 1.807) is 6.20 Å². The third-order valence-corrected chi connectivity index (χ3v) is 4.80. The molecule has 0 aromatic carbocycles. The Kier molecular flexibility index (Phi) is 10.3. The molecule has 0 saturated carbocycles. The number of morpholine rings is 1. The van der Waals surface area contributed by atoms with Gasteiger partial charge in [-0.15, -0.1) is 24.0 Å². The second-order valence-electron chi connectivity index (χ2n) is 6.89. The quantitative estimate of drug-likeness (QED) is 0.350. The van der Waals surface area contributed by atoms with Gasteiger partial charge in [0.05, 0.1) is 25.9 Å². The molecule has 2 saturated heterocycles. The fourth-order valence-corrected chi connectivity index (χ4v) is 3.45. The van der Waals surface area contributed by atoms with Crippen LogP contribution in [0.25, 0.3) is 0 Å². The van der Waals surface area contributed by atoms with Gasteiger partial charge in [0.2, 0.25) is 5.88 Å². The Morgan fingerprint density at radius 3 is 2.93 bits per heavy atom. The average molecular weight is 504 g/mol. The summed E-state index contributed by atoms with van der Waals surface area (Å²) in [7, 11) is 0. The topological polar surface area (TPSA) is 68.2 Å². The Labute approximate surface area is 185 Å². The summed E-state index contributed by atoms with van der Waals surface area (Å²) in [6, 6.07) is 3.96.